The van der Waals surface area contributed by atoms with E-state index in [1.165, 1.54) is 12.1 Å². The molecule has 0 aliphatic heterocycles. The quantitative estimate of drug-likeness (QED) is 0.726. The molecule has 12 heavy (non-hydrogen) atoms. The lowest BCUT2D eigenvalue weighted by Crippen LogP contribution is -2.14. The fourth-order valence-electron chi connectivity index (χ4n) is 0.771. The van der Waals surface area contributed by atoms with Crippen LogP contribution in [0.15, 0.2) is 28.7 Å². The average molecular weight is 300 g/mol. The summed E-state index contributed by atoms with van der Waals surface area (Å²) in [7, 11) is 0. The molecule has 0 saturated carbocycles. The van der Waals surface area contributed by atoms with E-state index in [0.29, 0.717) is 0 Å². The van der Waals surface area contributed by atoms with E-state index in [2.05, 4.69) is 31.9 Å². The van der Waals surface area contributed by atoms with Gasteiger partial charge >= 0.3 is 0 Å². The molecule has 1 aromatic rings. The van der Waals surface area contributed by atoms with Crippen LogP contribution in [0.4, 0.5) is 8.78 Å². The Kier molecular flexibility index (Phi) is 3.23. The van der Waals surface area contributed by atoms with Crippen LogP contribution < -0.4 is 0 Å². The van der Waals surface area contributed by atoms with Gasteiger partial charge in [-0.1, -0.05) is 44.0 Å². The van der Waals surface area contributed by atoms with Crippen LogP contribution in [0.5, 0.6) is 0 Å². The summed E-state index contributed by atoms with van der Waals surface area (Å²) in [6.07, 6.45) is 0. The van der Waals surface area contributed by atoms with Gasteiger partial charge < -0.3 is 0 Å². The van der Waals surface area contributed by atoms with Gasteiger partial charge in [-0.3, -0.25) is 0 Å². The van der Waals surface area contributed by atoms with Gasteiger partial charge in [0.05, 0.1) is 5.33 Å². The number of hydrogen-bond donors (Lipinski definition) is 0. The van der Waals surface area contributed by atoms with Crippen LogP contribution in [0.2, 0.25) is 0 Å². The minimum Gasteiger partial charge on any atom is -0.200 e. The molecule has 0 amide bonds. The number of rotatable bonds is 2. The zero-order valence-corrected chi connectivity index (χ0v) is 9.20. The largest absolute Gasteiger partial charge is 0.282 e. The Morgan fingerprint density at radius 3 is 2.08 bits per heavy atom. The summed E-state index contributed by atoms with van der Waals surface area (Å²) in [5.74, 6) is -2.78. The molecule has 66 valence electrons. The fraction of sp³-hybridized carbons (Fsp3) is 0.250. The van der Waals surface area contributed by atoms with Gasteiger partial charge in [0.1, 0.15) is 0 Å². The van der Waals surface area contributed by atoms with E-state index in [1.54, 1.807) is 12.1 Å². The topological polar surface area (TPSA) is 0 Å². The second-order valence-corrected chi connectivity index (χ2v) is 3.82. The molecule has 0 atom stereocenters. The molecule has 0 heterocycles. The molecular formula is C8H6Br2F2. The van der Waals surface area contributed by atoms with Gasteiger partial charge in [0, 0.05) is 10.0 Å². The maximum atomic E-state index is 13.0. The van der Waals surface area contributed by atoms with Crippen molar-refractivity contribution >= 4 is 31.9 Å². The van der Waals surface area contributed by atoms with Crippen molar-refractivity contribution in [3.05, 3.63) is 34.3 Å². The summed E-state index contributed by atoms with van der Waals surface area (Å²) in [5, 5.41) is -0.346. The van der Waals surface area contributed by atoms with Crippen molar-refractivity contribution in [2.45, 2.75) is 5.92 Å². The van der Waals surface area contributed by atoms with Gasteiger partial charge in [-0.15, -0.1) is 0 Å². The molecule has 1 rings (SSSR count). The van der Waals surface area contributed by atoms with Crippen molar-refractivity contribution in [1.29, 1.82) is 0 Å². The SMILES string of the molecule is FC(F)(CBr)c1ccc(Br)cc1. The lowest BCUT2D eigenvalue weighted by atomic mass is 10.1. The third-order valence-electron chi connectivity index (χ3n) is 1.43. The molecule has 0 aromatic heterocycles. The second-order valence-electron chi connectivity index (χ2n) is 2.34. The Morgan fingerprint density at radius 2 is 1.67 bits per heavy atom. The molecule has 0 nitrogen and oxygen atoms in total. The van der Waals surface area contributed by atoms with E-state index in [4.69, 9.17) is 0 Å². The summed E-state index contributed by atoms with van der Waals surface area (Å²) in [6, 6.07) is 6.02. The van der Waals surface area contributed by atoms with Gasteiger partial charge in [-0.25, -0.2) is 8.78 Å². The fourth-order valence-corrected chi connectivity index (χ4v) is 1.36. The Labute approximate surface area is 86.2 Å². The third kappa shape index (κ3) is 2.26. The van der Waals surface area contributed by atoms with Crippen LogP contribution in [-0.4, -0.2) is 5.33 Å². The first-order valence-electron chi connectivity index (χ1n) is 3.26. The lowest BCUT2D eigenvalue weighted by Gasteiger charge is -2.12. The number of halogens is 4. The first-order chi connectivity index (χ1) is 5.56. The summed E-state index contributed by atoms with van der Waals surface area (Å²) >= 11 is 5.94. The molecule has 0 radical (unpaired) electrons. The third-order valence-corrected chi connectivity index (χ3v) is 2.67. The van der Waals surface area contributed by atoms with Crippen molar-refractivity contribution in [2.24, 2.45) is 0 Å². The number of benzene rings is 1. The highest BCUT2D eigenvalue weighted by Gasteiger charge is 2.29. The summed E-state index contributed by atoms with van der Waals surface area (Å²) < 4.78 is 26.7. The molecule has 0 fully saturated rings. The summed E-state index contributed by atoms with van der Waals surface area (Å²) in [6.45, 7) is 0. The van der Waals surface area contributed by atoms with E-state index in [1.807, 2.05) is 0 Å². The Balaban J connectivity index is 2.96. The van der Waals surface area contributed by atoms with Crippen molar-refractivity contribution < 1.29 is 8.78 Å². The normalized spacial score (nSPS) is 11.7. The van der Waals surface area contributed by atoms with Crippen LogP contribution in [0.25, 0.3) is 0 Å². The maximum Gasteiger partial charge on any atom is 0.282 e. The Bertz CT molecular complexity index is 256. The molecule has 0 saturated heterocycles. The average Bonchev–Trinajstić information content (AvgIpc) is 2.05. The van der Waals surface area contributed by atoms with Gasteiger partial charge in [0.25, 0.3) is 5.92 Å². The molecule has 0 N–H and O–H groups in total. The molecule has 0 aliphatic rings. The van der Waals surface area contributed by atoms with Crippen molar-refractivity contribution in [3.63, 3.8) is 0 Å². The van der Waals surface area contributed by atoms with E-state index < -0.39 is 5.92 Å². The van der Waals surface area contributed by atoms with Gasteiger partial charge in [-0.2, -0.15) is 0 Å². The van der Waals surface area contributed by atoms with Gasteiger partial charge in [0.2, 0.25) is 0 Å². The Morgan fingerprint density at radius 1 is 1.17 bits per heavy atom. The summed E-state index contributed by atoms with van der Waals surface area (Å²) in [4.78, 5) is 0. The van der Waals surface area contributed by atoms with Crippen LogP contribution in [0.3, 0.4) is 0 Å². The Hall–Kier alpha value is 0.0400. The predicted octanol–water partition coefficient (Wildman–Crippen LogP) is 3.94. The first-order valence-corrected chi connectivity index (χ1v) is 5.17. The van der Waals surface area contributed by atoms with Gasteiger partial charge in [0.15, 0.2) is 0 Å². The molecule has 0 unspecified atom stereocenters. The van der Waals surface area contributed by atoms with Crippen molar-refractivity contribution in [1.82, 2.24) is 0 Å². The van der Waals surface area contributed by atoms with Crippen LogP contribution >= 0.6 is 31.9 Å². The van der Waals surface area contributed by atoms with E-state index in [-0.39, 0.29) is 10.9 Å². The molecule has 0 spiro atoms. The first kappa shape index (κ1) is 10.1. The zero-order chi connectivity index (χ0) is 9.19. The maximum absolute atomic E-state index is 13.0. The molecule has 0 aliphatic carbocycles. The molecule has 4 heteroatoms. The zero-order valence-electron chi connectivity index (χ0n) is 6.03. The van der Waals surface area contributed by atoms with E-state index in [0.717, 1.165) is 4.47 Å². The number of alkyl halides is 3. The van der Waals surface area contributed by atoms with Crippen molar-refractivity contribution in [3.8, 4) is 0 Å². The highest BCUT2D eigenvalue weighted by atomic mass is 79.9. The van der Waals surface area contributed by atoms with Crippen LogP contribution in [-0.2, 0) is 5.92 Å². The molecule has 0 bridgehead atoms. The summed E-state index contributed by atoms with van der Waals surface area (Å²) in [5.41, 5.74) is 0.0302. The monoisotopic (exact) mass is 298 g/mol. The minimum atomic E-state index is -2.78. The number of hydrogen-bond acceptors (Lipinski definition) is 0. The van der Waals surface area contributed by atoms with Crippen molar-refractivity contribution in [2.75, 3.05) is 5.33 Å². The molecular weight excluding hydrogens is 294 g/mol. The van der Waals surface area contributed by atoms with Crippen LogP contribution in [0.1, 0.15) is 5.56 Å². The standard InChI is InChI=1S/C8H6Br2F2/c9-5-8(11,12)6-1-3-7(10)4-2-6/h1-4H,5H2. The van der Waals surface area contributed by atoms with Gasteiger partial charge in [-0.05, 0) is 12.1 Å². The minimum absolute atomic E-state index is 0.0302. The lowest BCUT2D eigenvalue weighted by molar-refractivity contribution is 0.0245. The molecule has 1 aromatic carbocycles. The van der Waals surface area contributed by atoms with E-state index in [9.17, 15) is 8.78 Å². The highest BCUT2D eigenvalue weighted by Crippen LogP contribution is 2.30. The highest BCUT2D eigenvalue weighted by molar-refractivity contribution is 9.10. The van der Waals surface area contributed by atoms with Crippen LogP contribution in [0, 0.1) is 0 Å². The second kappa shape index (κ2) is 3.83. The predicted molar refractivity (Wildman–Crippen MR) is 51.8 cm³/mol. The van der Waals surface area contributed by atoms with E-state index >= 15 is 0 Å². The smallest absolute Gasteiger partial charge is 0.200 e.